The molecule has 0 aliphatic heterocycles. The summed E-state index contributed by atoms with van der Waals surface area (Å²) in [5, 5.41) is 0. The zero-order chi connectivity index (χ0) is 10.1. The molecule has 0 aromatic carbocycles. The van der Waals surface area contributed by atoms with Gasteiger partial charge in [0.05, 0.1) is 0 Å². The average Bonchev–Trinajstić information content (AvgIpc) is 2.62. The van der Waals surface area contributed by atoms with Crippen LogP contribution in [0.1, 0.15) is 26.2 Å². The molecule has 0 amide bonds. The van der Waals surface area contributed by atoms with Gasteiger partial charge in [0.25, 0.3) is 0 Å². The van der Waals surface area contributed by atoms with Crippen LogP contribution in [0.25, 0.3) is 0 Å². The van der Waals surface area contributed by atoms with E-state index in [9.17, 15) is 0 Å². The normalized spacial score (nSPS) is 37.0. The van der Waals surface area contributed by atoms with Crippen LogP contribution in [0.4, 0.5) is 0 Å². The highest BCUT2D eigenvalue weighted by molar-refractivity contribution is 6.48. The number of fused-ring (bicyclic) bond motifs is 2. The fourth-order valence-corrected chi connectivity index (χ4v) is 4.15. The summed E-state index contributed by atoms with van der Waals surface area (Å²) in [5.41, 5.74) is 0. The zero-order valence-electron chi connectivity index (χ0n) is 9.57. The molecule has 0 aromatic heterocycles. The maximum Gasteiger partial charge on any atom is 0.171 e. The van der Waals surface area contributed by atoms with Crippen LogP contribution >= 0.6 is 0 Å². The van der Waals surface area contributed by atoms with Gasteiger partial charge in [-0.1, -0.05) is 12.2 Å². The molecule has 4 atom stereocenters. The molecule has 1 saturated carbocycles. The third-order valence-electron chi connectivity index (χ3n) is 3.56. The van der Waals surface area contributed by atoms with Gasteiger partial charge in [-0.05, 0) is 57.0 Å². The molecule has 0 N–H and O–H groups in total. The second-order valence-corrected chi connectivity index (χ2v) is 7.64. The van der Waals surface area contributed by atoms with Crippen molar-refractivity contribution in [2.45, 2.75) is 45.4 Å². The van der Waals surface area contributed by atoms with Crippen LogP contribution in [0.2, 0.25) is 13.1 Å². The molecule has 1 fully saturated rings. The van der Waals surface area contributed by atoms with Crippen molar-refractivity contribution in [2.75, 3.05) is 0 Å². The lowest BCUT2D eigenvalue weighted by Gasteiger charge is -2.23. The Bertz CT molecular complexity index is 224. The third-order valence-corrected chi connectivity index (χ3v) is 4.56. The van der Waals surface area contributed by atoms with Crippen molar-refractivity contribution in [3.05, 3.63) is 12.2 Å². The number of hydrogen-bond acceptors (Lipinski definition) is 1. The minimum atomic E-state index is -0.825. The van der Waals surface area contributed by atoms with Crippen molar-refractivity contribution < 1.29 is 4.43 Å². The Morgan fingerprint density at radius 3 is 2.64 bits per heavy atom. The molecule has 2 rings (SSSR count). The fourth-order valence-electron chi connectivity index (χ4n) is 3.11. The van der Waals surface area contributed by atoms with E-state index < -0.39 is 9.04 Å². The summed E-state index contributed by atoms with van der Waals surface area (Å²) in [5.74, 6) is 2.72. The van der Waals surface area contributed by atoms with Crippen LogP contribution in [-0.4, -0.2) is 15.1 Å². The Morgan fingerprint density at radius 1 is 1.36 bits per heavy atom. The lowest BCUT2D eigenvalue weighted by Crippen LogP contribution is -2.22. The van der Waals surface area contributed by atoms with E-state index in [1.165, 1.54) is 19.3 Å². The predicted octanol–water partition coefficient (Wildman–Crippen LogP) is 2.98. The van der Waals surface area contributed by atoms with E-state index >= 15 is 0 Å². The second kappa shape index (κ2) is 4.19. The van der Waals surface area contributed by atoms with Gasteiger partial charge in [0, 0.05) is 6.10 Å². The highest BCUT2D eigenvalue weighted by Gasteiger charge is 2.36. The van der Waals surface area contributed by atoms with E-state index in [-0.39, 0.29) is 0 Å². The number of rotatable bonds is 4. The summed E-state index contributed by atoms with van der Waals surface area (Å²) in [6.07, 6.45) is 9.50. The Morgan fingerprint density at radius 2 is 2.14 bits per heavy atom. The zero-order valence-corrected chi connectivity index (χ0v) is 10.7. The maximum absolute atomic E-state index is 5.93. The topological polar surface area (TPSA) is 9.23 Å². The van der Waals surface area contributed by atoms with E-state index in [4.69, 9.17) is 4.43 Å². The summed E-state index contributed by atoms with van der Waals surface area (Å²) >= 11 is 0. The molecule has 0 heterocycles. The Labute approximate surface area is 89.3 Å². The highest BCUT2D eigenvalue weighted by atomic mass is 28.3. The summed E-state index contributed by atoms with van der Waals surface area (Å²) < 4.78 is 5.93. The molecular weight excluding hydrogens is 188 g/mol. The van der Waals surface area contributed by atoms with Crippen LogP contribution < -0.4 is 0 Å². The smallest absolute Gasteiger partial charge is 0.171 e. The number of hydrogen-bond donors (Lipinski definition) is 0. The van der Waals surface area contributed by atoms with Gasteiger partial charge in [-0.25, -0.2) is 0 Å². The first kappa shape index (κ1) is 10.4. The van der Waals surface area contributed by atoms with Crippen molar-refractivity contribution in [2.24, 2.45) is 17.8 Å². The van der Waals surface area contributed by atoms with Crippen molar-refractivity contribution in [3.8, 4) is 0 Å². The molecule has 0 radical (unpaired) electrons. The van der Waals surface area contributed by atoms with Gasteiger partial charge < -0.3 is 4.43 Å². The van der Waals surface area contributed by atoms with Gasteiger partial charge in [0.1, 0.15) is 0 Å². The lowest BCUT2D eigenvalue weighted by molar-refractivity contribution is 0.178. The summed E-state index contributed by atoms with van der Waals surface area (Å²) in [6, 6.07) is 0. The quantitative estimate of drug-likeness (QED) is 0.512. The first-order valence-electron chi connectivity index (χ1n) is 5.99. The van der Waals surface area contributed by atoms with Crippen LogP contribution in [0.5, 0.6) is 0 Å². The molecule has 0 saturated heterocycles. The molecule has 2 aliphatic rings. The van der Waals surface area contributed by atoms with Gasteiger partial charge >= 0.3 is 0 Å². The van der Waals surface area contributed by atoms with Crippen molar-refractivity contribution >= 4 is 9.04 Å². The van der Waals surface area contributed by atoms with Gasteiger partial charge in [-0.2, -0.15) is 0 Å². The highest BCUT2D eigenvalue weighted by Crippen LogP contribution is 2.45. The molecule has 1 nitrogen and oxygen atoms in total. The van der Waals surface area contributed by atoms with Crippen LogP contribution in [0.15, 0.2) is 12.2 Å². The van der Waals surface area contributed by atoms with Crippen LogP contribution in [0.3, 0.4) is 0 Å². The SMILES string of the molecule is CC(CC1CC2C=CC1C2)O[SiH](C)C. The molecular formula is C12H22OSi. The Kier molecular flexibility index (Phi) is 3.13. The minimum absolute atomic E-state index is 0.499. The van der Waals surface area contributed by atoms with Crippen molar-refractivity contribution in [1.29, 1.82) is 0 Å². The Hall–Kier alpha value is -0.0831. The molecule has 2 heteroatoms. The van der Waals surface area contributed by atoms with Gasteiger partial charge in [0.15, 0.2) is 9.04 Å². The summed E-state index contributed by atoms with van der Waals surface area (Å²) in [7, 11) is -0.825. The van der Waals surface area contributed by atoms with E-state index in [0.717, 1.165) is 17.8 Å². The van der Waals surface area contributed by atoms with Gasteiger partial charge in [-0.3, -0.25) is 0 Å². The second-order valence-electron chi connectivity index (χ2n) is 5.27. The summed E-state index contributed by atoms with van der Waals surface area (Å²) in [6.45, 7) is 6.77. The standard InChI is InChI=1S/C12H22OSi/c1-9(13-14(2)3)6-12-8-10-4-5-11(12)7-10/h4-5,9-12,14H,6-8H2,1-3H3. The Balaban J connectivity index is 1.78. The van der Waals surface area contributed by atoms with Crippen molar-refractivity contribution in [1.82, 2.24) is 0 Å². The molecule has 2 bridgehead atoms. The predicted molar refractivity (Wildman–Crippen MR) is 62.9 cm³/mol. The van der Waals surface area contributed by atoms with E-state index in [0.29, 0.717) is 6.10 Å². The van der Waals surface area contributed by atoms with E-state index in [1.807, 2.05) is 0 Å². The third kappa shape index (κ3) is 2.29. The molecule has 2 aliphatic carbocycles. The fraction of sp³-hybridized carbons (Fsp3) is 0.833. The first-order valence-corrected chi connectivity index (χ1v) is 8.77. The molecule has 0 spiro atoms. The monoisotopic (exact) mass is 210 g/mol. The largest absolute Gasteiger partial charge is 0.418 e. The van der Waals surface area contributed by atoms with Gasteiger partial charge in [0.2, 0.25) is 0 Å². The summed E-state index contributed by atoms with van der Waals surface area (Å²) in [4.78, 5) is 0. The first-order chi connectivity index (χ1) is 6.65. The van der Waals surface area contributed by atoms with E-state index in [2.05, 4.69) is 32.2 Å². The molecule has 4 unspecified atom stereocenters. The van der Waals surface area contributed by atoms with Crippen LogP contribution in [0, 0.1) is 17.8 Å². The molecule has 14 heavy (non-hydrogen) atoms. The van der Waals surface area contributed by atoms with Gasteiger partial charge in [-0.15, -0.1) is 0 Å². The van der Waals surface area contributed by atoms with Crippen LogP contribution in [-0.2, 0) is 4.43 Å². The average molecular weight is 210 g/mol. The molecule has 0 aromatic rings. The number of allylic oxidation sites excluding steroid dienone is 2. The lowest BCUT2D eigenvalue weighted by atomic mass is 9.89. The van der Waals surface area contributed by atoms with Crippen molar-refractivity contribution in [3.63, 3.8) is 0 Å². The maximum atomic E-state index is 5.93. The van der Waals surface area contributed by atoms with E-state index in [1.54, 1.807) is 0 Å². The molecule has 80 valence electrons. The minimum Gasteiger partial charge on any atom is -0.418 e.